The Labute approximate surface area is 126 Å². The third-order valence-electron chi connectivity index (χ3n) is 3.22. The lowest BCUT2D eigenvalue weighted by Gasteiger charge is -2.12. The van der Waals surface area contributed by atoms with E-state index in [2.05, 4.69) is 10.0 Å². The Kier molecular flexibility index (Phi) is 6.58. The second-order valence-electron chi connectivity index (χ2n) is 4.63. The molecule has 0 aliphatic heterocycles. The van der Waals surface area contributed by atoms with Crippen LogP contribution in [-0.4, -0.2) is 27.4 Å². The number of hydrogen-bond donors (Lipinski definition) is 2. The lowest BCUT2D eigenvalue weighted by molar-refractivity contribution is -0.117. The van der Waals surface area contributed by atoms with Gasteiger partial charge >= 0.3 is 0 Å². The number of benzene rings is 1. The smallest absolute Gasteiger partial charge is 0.244 e. The molecule has 0 saturated heterocycles. The molecular formula is C15H22N2O3S. The second kappa shape index (κ2) is 7.95. The third-order valence-corrected chi connectivity index (χ3v) is 4.65. The molecule has 0 unspecified atom stereocenters. The summed E-state index contributed by atoms with van der Waals surface area (Å²) in [4.78, 5) is 11.9. The minimum atomic E-state index is -3.42. The Balaban J connectivity index is 2.72. The third kappa shape index (κ3) is 5.32. The molecule has 0 radical (unpaired) electrons. The van der Waals surface area contributed by atoms with Crippen molar-refractivity contribution >= 4 is 22.0 Å². The van der Waals surface area contributed by atoms with Gasteiger partial charge in [0.2, 0.25) is 15.9 Å². The van der Waals surface area contributed by atoms with Crippen molar-refractivity contribution in [3.8, 4) is 0 Å². The van der Waals surface area contributed by atoms with Crippen LogP contribution in [0.1, 0.15) is 32.3 Å². The first-order valence-corrected chi connectivity index (χ1v) is 8.43. The van der Waals surface area contributed by atoms with Gasteiger partial charge in [-0.05, 0) is 43.7 Å². The largest absolute Gasteiger partial charge is 0.350 e. The van der Waals surface area contributed by atoms with Crippen molar-refractivity contribution in [1.82, 2.24) is 10.0 Å². The second-order valence-corrected chi connectivity index (χ2v) is 6.52. The molecule has 0 aromatic heterocycles. The van der Waals surface area contributed by atoms with E-state index < -0.39 is 10.0 Å². The highest BCUT2D eigenvalue weighted by Gasteiger charge is 2.10. The van der Waals surface area contributed by atoms with Crippen LogP contribution in [0.4, 0.5) is 0 Å². The van der Waals surface area contributed by atoms with Gasteiger partial charge in [0.05, 0.1) is 4.90 Å². The molecule has 1 aromatic carbocycles. The van der Waals surface area contributed by atoms with E-state index in [0.717, 1.165) is 18.4 Å². The van der Waals surface area contributed by atoms with Gasteiger partial charge in [-0.2, -0.15) is 0 Å². The first-order chi connectivity index (χ1) is 9.92. The number of amides is 1. The summed E-state index contributed by atoms with van der Waals surface area (Å²) in [6.07, 6.45) is 4.91. The minimum absolute atomic E-state index is 0.143. The van der Waals surface area contributed by atoms with E-state index in [-0.39, 0.29) is 16.8 Å². The van der Waals surface area contributed by atoms with Crippen LogP contribution in [0.25, 0.3) is 6.08 Å². The molecule has 116 valence electrons. The first-order valence-electron chi connectivity index (χ1n) is 6.95. The lowest BCUT2D eigenvalue weighted by atomic mass is 10.1. The van der Waals surface area contributed by atoms with Crippen LogP contribution in [0, 0.1) is 0 Å². The minimum Gasteiger partial charge on any atom is -0.350 e. The van der Waals surface area contributed by atoms with Crippen LogP contribution in [-0.2, 0) is 14.8 Å². The maximum absolute atomic E-state index is 11.7. The monoisotopic (exact) mass is 310 g/mol. The predicted molar refractivity (Wildman–Crippen MR) is 84.2 cm³/mol. The highest BCUT2D eigenvalue weighted by molar-refractivity contribution is 7.89. The van der Waals surface area contributed by atoms with Crippen molar-refractivity contribution in [2.24, 2.45) is 0 Å². The van der Waals surface area contributed by atoms with Gasteiger partial charge in [-0.15, -0.1) is 0 Å². The zero-order valence-corrected chi connectivity index (χ0v) is 13.4. The Hall–Kier alpha value is -1.66. The van der Waals surface area contributed by atoms with E-state index in [0.29, 0.717) is 0 Å². The zero-order valence-electron chi connectivity index (χ0n) is 12.6. The van der Waals surface area contributed by atoms with E-state index in [4.69, 9.17) is 0 Å². The quantitative estimate of drug-likeness (QED) is 0.755. The summed E-state index contributed by atoms with van der Waals surface area (Å²) in [7, 11) is -2.06. The van der Waals surface area contributed by atoms with Crippen molar-refractivity contribution in [2.45, 2.75) is 37.6 Å². The summed E-state index contributed by atoms with van der Waals surface area (Å²) < 4.78 is 25.4. The molecule has 0 bridgehead atoms. The van der Waals surface area contributed by atoms with Crippen molar-refractivity contribution < 1.29 is 13.2 Å². The van der Waals surface area contributed by atoms with Crippen LogP contribution >= 0.6 is 0 Å². The number of carbonyl (C=O) groups excluding carboxylic acids is 1. The summed E-state index contributed by atoms with van der Waals surface area (Å²) in [6, 6.07) is 6.51. The average Bonchev–Trinajstić information content (AvgIpc) is 2.51. The Morgan fingerprint density at radius 1 is 1.19 bits per heavy atom. The molecule has 0 fully saturated rings. The molecular weight excluding hydrogens is 288 g/mol. The van der Waals surface area contributed by atoms with Crippen LogP contribution in [0.5, 0.6) is 0 Å². The van der Waals surface area contributed by atoms with Crippen molar-refractivity contribution in [1.29, 1.82) is 0 Å². The molecule has 1 aromatic rings. The van der Waals surface area contributed by atoms with Gasteiger partial charge in [-0.3, -0.25) is 4.79 Å². The molecule has 0 atom stereocenters. The van der Waals surface area contributed by atoms with Gasteiger partial charge in [-0.25, -0.2) is 13.1 Å². The molecule has 1 amide bonds. The summed E-state index contributed by atoms with van der Waals surface area (Å²) in [5.41, 5.74) is 0.768. The molecule has 1 rings (SSSR count). The summed E-state index contributed by atoms with van der Waals surface area (Å²) in [5, 5.41) is 2.90. The standard InChI is InChI=1S/C15H22N2O3S/c1-4-13(5-2)17-15(18)11-8-12-6-9-14(10-7-12)21(19,20)16-3/h6-11,13,16H,4-5H2,1-3H3,(H,17,18)/b11-8+. The molecule has 0 spiro atoms. The van der Waals surface area contributed by atoms with Gasteiger partial charge in [0.1, 0.15) is 0 Å². The van der Waals surface area contributed by atoms with Crippen molar-refractivity contribution in [2.75, 3.05) is 7.05 Å². The predicted octanol–water partition coefficient (Wildman–Crippen LogP) is 1.91. The number of carbonyl (C=O) groups is 1. The fraction of sp³-hybridized carbons (Fsp3) is 0.400. The van der Waals surface area contributed by atoms with Gasteiger partial charge in [0.15, 0.2) is 0 Å². The van der Waals surface area contributed by atoms with Gasteiger partial charge in [0, 0.05) is 12.1 Å². The van der Waals surface area contributed by atoms with E-state index >= 15 is 0 Å². The summed E-state index contributed by atoms with van der Waals surface area (Å²) in [5.74, 6) is -0.143. The molecule has 0 heterocycles. The average molecular weight is 310 g/mol. The van der Waals surface area contributed by atoms with Crippen molar-refractivity contribution in [3.63, 3.8) is 0 Å². The van der Waals surface area contributed by atoms with Gasteiger partial charge in [-0.1, -0.05) is 26.0 Å². The Morgan fingerprint density at radius 3 is 2.24 bits per heavy atom. The maximum atomic E-state index is 11.7. The summed E-state index contributed by atoms with van der Waals surface area (Å²) >= 11 is 0. The van der Waals surface area contributed by atoms with Crippen LogP contribution < -0.4 is 10.0 Å². The van der Waals surface area contributed by atoms with E-state index in [9.17, 15) is 13.2 Å². The first kappa shape index (κ1) is 17.4. The molecule has 0 aliphatic rings. The number of hydrogen-bond acceptors (Lipinski definition) is 3. The molecule has 21 heavy (non-hydrogen) atoms. The molecule has 0 aliphatic carbocycles. The fourth-order valence-electron chi connectivity index (χ4n) is 1.79. The topological polar surface area (TPSA) is 75.3 Å². The molecule has 2 N–H and O–H groups in total. The van der Waals surface area contributed by atoms with Gasteiger partial charge in [0.25, 0.3) is 0 Å². The molecule has 6 heteroatoms. The van der Waals surface area contributed by atoms with Crippen LogP contribution in [0.3, 0.4) is 0 Å². The van der Waals surface area contributed by atoms with Crippen LogP contribution in [0.15, 0.2) is 35.2 Å². The number of rotatable bonds is 7. The van der Waals surface area contributed by atoms with Crippen molar-refractivity contribution in [3.05, 3.63) is 35.9 Å². The van der Waals surface area contributed by atoms with E-state index in [1.165, 1.54) is 25.3 Å². The zero-order chi connectivity index (χ0) is 15.9. The molecule has 0 saturated carbocycles. The van der Waals surface area contributed by atoms with Gasteiger partial charge < -0.3 is 5.32 Å². The number of sulfonamides is 1. The fourth-order valence-corrected chi connectivity index (χ4v) is 2.52. The highest BCUT2D eigenvalue weighted by atomic mass is 32.2. The maximum Gasteiger partial charge on any atom is 0.244 e. The Morgan fingerprint density at radius 2 is 1.76 bits per heavy atom. The summed E-state index contributed by atoms with van der Waals surface area (Å²) in [6.45, 7) is 4.05. The molecule has 5 nitrogen and oxygen atoms in total. The number of nitrogens with one attached hydrogen (secondary N) is 2. The highest BCUT2D eigenvalue weighted by Crippen LogP contribution is 2.11. The Bertz CT molecular complexity index is 588. The SMILES string of the molecule is CCC(CC)NC(=O)/C=C/c1ccc(S(=O)(=O)NC)cc1. The van der Waals surface area contributed by atoms with E-state index in [1.54, 1.807) is 18.2 Å². The normalized spacial score (nSPS) is 12.0. The lowest BCUT2D eigenvalue weighted by Crippen LogP contribution is -2.32. The van der Waals surface area contributed by atoms with E-state index in [1.807, 2.05) is 13.8 Å². The van der Waals surface area contributed by atoms with Crippen LogP contribution in [0.2, 0.25) is 0 Å².